The van der Waals surface area contributed by atoms with Crippen molar-refractivity contribution < 1.29 is 29.0 Å². The minimum absolute atomic E-state index is 0.0627. The van der Waals surface area contributed by atoms with E-state index in [1.54, 1.807) is 57.2 Å². The molecule has 1 aliphatic rings. The van der Waals surface area contributed by atoms with Crippen LogP contribution in [0.1, 0.15) is 50.6 Å². The number of rotatable bonds is 8. The molecular formula is C29H28N2O6S. The molecule has 1 saturated heterocycles. The molecule has 1 aliphatic heterocycles. The van der Waals surface area contributed by atoms with Crippen molar-refractivity contribution in [2.45, 2.75) is 33.7 Å². The molecule has 0 saturated carbocycles. The van der Waals surface area contributed by atoms with Crippen molar-refractivity contribution in [1.82, 2.24) is 4.98 Å². The van der Waals surface area contributed by atoms with E-state index < -0.39 is 23.7 Å². The quantitative estimate of drug-likeness (QED) is 0.135. The van der Waals surface area contributed by atoms with E-state index in [4.69, 9.17) is 9.47 Å². The number of anilines is 1. The van der Waals surface area contributed by atoms with Crippen molar-refractivity contribution in [3.63, 3.8) is 0 Å². The second-order valence-corrected chi connectivity index (χ2v) is 9.77. The number of aliphatic hydroxyl groups is 1. The monoisotopic (exact) mass is 532 g/mol. The lowest BCUT2D eigenvalue weighted by atomic mass is 9.93. The Labute approximate surface area is 224 Å². The highest BCUT2D eigenvalue weighted by atomic mass is 32.1. The van der Waals surface area contributed by atoms with Crippen molar-refractivity contribution in [2.24, 2.45) is 0 Å². The number of thiazole rings is 1. The SMILES string of the molecule is C=CCOc1ccc(C(O)=C2C(=O)C(=O)N(c3nc(C)c(C(=O)OCC)s3)[C@@H]2c2ccc(C)cc2)c(C)c1. The molecule has 38 heavy (non-hydrogen) atoms. The van der Waals surface area contributed by atoms with Gasteiger partial charge in [-0.05, 0) is 57.0 Å². The summed E-state index contributed by atoms with van der Waals surface area (Å²) in [7, 11) is 0. The number of benzene rings is 2. The van der Waals surface area contributed by atoms with Crippen LogP contribution in [-0.4, -0.2) is 41.0 Å². The summed E-state index contributed by atoms with van der Waals surface area (Å²) in [6.07, 6.45) is 1.62. The number of esters is 1. The van der Waals surface area contributed by atoms with E-state index in [9.17, 15) is 19.5 Å². The Morgan fingerprint density at radius 1 is 1.16 bits per heavy atom. The van der Waals surface area contributed by atoms with Crippen molar-refractivity contribution in [2.75, 3.05) is 18.1 Å². The Bertz CT molecular complexity index is 1450. The number of hydrogen-bond acceptors (Lipinski definition) is 8. The molecule has 1 amide bonds. The molecule has 8 nitrogen and oxygen atoms in total. The van der Waals surface area contributed by atoms with Gasteiger partial charge in [0, 0.05) is 5.56 Å². The zero-order chi connectivity index (χ0) is 27.6. The Morgan fingerprint density at radius 3 is 2.50 bits per heavy atom. The first-order valence-corrected chi connectivity index (χ1v) is 12.9. The maximum absolute atomic E-state index is 13.4. The van der Waals surface area contributed by atoms with Gasteiger partial charge >= 0.3 is 11.9 Å². The van der Waals surface area contributed by atoms with E-state index >= 15 is 0 Å². The number of aromatic nitrogens is 1. The van der Waals surface area contributed by atoms with Crippen molar-refractivity contribution >= 4 is 39.9 Å². The summed E-state index contributed by atoms with van der Waals surface area (Å²) < 4.78 is 10.7. The maximum Gasteiger partial charge on any atom is 0.350 e. The molecule has 196 valence electrons. The molecule has 0 bridgehead atoms. The molecule has 0 radical (unpaired) electrons. The Morgan fingerprint density at radius 2 is 1.87 bits per heavy atom. The standard InChI is InChI=1S/C29H28N2O6S/c1-6-14-37-20-12-13-21(17(4)15-20)24(32)22-23(19-10-8-16(3)9-11-19)31(27(34)25(22)33)29-30-18(5)26(38-29)28(35)36-7-2/h6,8-13,15,23,32H,1,7,14H2,2-5H3/t23-/m1/s1. The first kappa shape index (κ1) is 26.8. The van der Waals surface area contributed by atoms with E-state index in [1.165, 1.54) is 4.90 Å². The zero-order valence-electron chi connectivity index (χ0n) is 21.6. The topological polar surface area (TPSA) is 106 Å². The predicted molar refractivity (Wildman–Crippen MR) is 146 cm³/mol. The summed E-state index contributed by atoms with van der Waals surface area (Å²) in [6, 6.07) is 11.5. The number of Topliss-reactive ketones (excluding diaryl/α,β-unsaturated/α-hetero) is 1. The number of aryl methyl sites for hydroxylation is 3. The van der Waals surface area contributed by atoms with Crippen LogP contribution in [-0.2, 0) is 14.3 Å². The van der Waals surface area contributed by atoms with Crippen LogP contribution < -0.4 is 9.64 Å². The molecule has 1 fully saturated rings. The Balaban J connectivity index is 1.88. The van der Waals surface area contributed by atoms with Gasteiger partial charge in [0.15, 0.2) is 5.13 Å². The summed E-state index contributed by atoms with van der Waals surface area (Å²) in [5, 5.41) is 11.6. The van der Waals surface area contributed by atoms with Gasteiger partial charge in [0.2, 0.25) is 0 Å². The van der Waals surface area contributed by atoms with Crippen molar-refractivity contribution in [3.8, 4) is 5.75 Å². The number of carbonyl (C=O) groups is 3. The van der Waals surface area contributed by atoms with Crippen LogP contribution in [0.15, 0.2) is 60.7 Å². The highest BCUT2D eigenvalue weighted by Gasteiger charge is 2.48. The van der Waals surface area contributed by atoms with E-state index in [-0.39, 0.29) is 27.9 Å². The summed E-state index contributed by atoms with van der Waals surface area (Å²) >= 11 is 0.973. The fourth-order valence-electron chi connectivity index (χ4n) is 4.26. The van der Waals surface area contributed by atoms with E-state index in [0.29, 0.717) is 34.7 Å². The van der Waals surface area contributed by atoms with Crippen LogP contribution >= 0.6 is 11.3 Å². The molecular weight excluding hydrogens is 504 g/mol. The fourth-order valence-corrected chi connectivity index (χ4v) is 5.24. The van der Waals surface area contributed by atoms with E-state index in [0.717, 1.165) is 16.9 Å². The number of nitrogens with zero attached hydrogens (tertiary/aromatic N) is 2. The Kier molecular flexibility index (Phi) is 7.78. The highest BCUT2D eigenvalue weighted by Crippen LogP contribution is 2.44. The minimum Gasteiger partial charge on any atom is -0.507 e. The molecule has 1 atom stereocenters. The van der Waals surface area contributed by atoms with Crippen molar-refractivity contribution in [1.29, 1.82) is 0 Å². The van der Waals surface area contributed by atoms with Gasteiger partial charge < -0.3 is 14.6 Å². The van der Waals surface area contributed by atoms with E-state index in [1.807, 2.05) is 19.1 Å². The molecule has 9 heteroatoms. The van der Waals surface area contributed by atoms with Gasteiger partial charge in [-0.2, -0.15) is 0 Å². The van der Waals surface area contributed by atoms with Gasteiger partial charge in [-0.25, -0.2) is 9.78 Å². The second-order valence-electron chi connectivity index (χ2n) is 8.79. The largest absolute Gasteiger partial charge is 0.507 e. The van der Waals surface area contributed by atoms with E-state index in [2.05, 4.69) is 11.6 Å². The fraction of sp³-hybridized carbons (Fsp3) is 0.241. The molecule has 4 rings (SSSR count). The highest BCUT2D eigenvalue weighted by molar-refractivity contribution is 7.17. The number of aliphatic hydroxyl groups excluding tert-OH is 1. The molecule has 0 spiro atoms. The third kappa shape index (κ3) is 4.97. The third-order valence-electron chi connectivity index (χ3n) is 6.11. The minimum atomic E-state index is -0.952. The number of hydrogen-bond donors (Lipinski definition) is 1. The lowest BCUT2D eigenvalue weighted by molar-refractivity contribution is -0.132. The van der Waals surface area contributed by atoms with Gasteiger partial charge in [0.05, 0.1) is 23.9 Å². The first-order valence-electron chi connectivity index (χ1n) is 12.0. The summed E-state index contributed by atoms with van der Waals surface area (Å²) in [4.78, 5) is 45.2. The summed E-state index contributed by atoms with van der Waals surface area (Å²) in [6.45, 7) is 11.2. The summed E-state index contributed by atoms with van der Waals surface area (Å²) in [5.41, 5.74) is 2.99. The molecule has 0 unspecified atom stereocenters. The van der Waals surface area contributed by atoms with Crippen LogP contribution in [0, 0.1) is 20.8 Å². The zero-order valence-corrected chi connectivity index (χ0v) is 22.4. The molecule has 1 N–H and O–H groups in total. The third-order valence-corrected chi connectivity index (χ3v) is 7.25. The summed E-state index contributed by atoms with van der Waals surface area (Å²) in [5.74, 6) is -1.95. The van der Waals surface area contributed by atoms with Gasteiger partial charge in [-0.15, -0.1) is 0 Å². The number of carbonyl (C=O) groups excluding carboxylic acids is 3. The molecule has 2 aromatic carbocycles. The Hall–Kier alpha value is -4.24. The van der Waals surface area contributed by atoms with Crippen LogP contribution in [0.4, 0.5) is 5.13 Å². The normalized spacial score (nSPS) is 16.5. The van der Waals surface area contributed by atoms with Gasteiger partial charge in [0.25, 0.3) is 5.78 Å². The van der Waals surface area contributed by atoms with Gasteiger partial charge in [-0.3, -0.25) is 14.5 Å². The maximum atomic E-state index is 13.4. The number of ketones is 1. The van der Waals surface area contributed by atoms with Gasteiger partial charge in [0.1, 0.15) is 23.0 Å². The molecule has 1 aromatic heterocycles. The first-order chi connectivity index (χ1) is 18.2. The smallest absolute Gasteiger partial charge is 0.350 e. The lowest BCUT2D eigenvalue weighted by Gasteiger charge is -2.23. The average molecular weight is 533 g/mol. The molecule has 2 heterocycles. The van der Waals surface area contributed by atoms with Crippen LogP contribution in [0.2, 0.25) is 0 Å². The van der Waals surface area contributed by atoms with Crippen LogP contribution in [0.5, 0.6) is 5.75 Å². The predicted octanol–water partition coefficient (Wildman–Crippen LogP) is 5.44. The molecule has 3 aromatic rings. The van der Waals surface area contributed by atoms with Crippen LogP contribution in [0.3, 0.4) is 0 Å². The number of amides is 1. The van der Waals surface area contributed by atoms with Crippen LogP contribution in [0.25, 0.3) is 5.76 Å². The second kappa shape index (κ2) is 11.0. The van der Waals surface area contributed by atoms with Gasteiger partial charge in [-0.1, -0.05) is 53.8 Å². The number of ether oxygens (including phenoxy) is 2. The van der Waals surface area contributed by atoms with Crippen molar-refractivity contribution in [3.05, 3.63) is 93.5 Å². The molecule has 0 aliphatic carbocycles. The lowest BCUT2D eigenvalue weighted by Crippen LogP contribution is -2.29. The average Bonchev–Trinajstić information content (AvgIpc) is 3.39.